The van der Waals surface area contributed by atoms with Crippen LogP contribution in [0.25, 0.3) is 0 Å². The number of carbonyl (C=O) groups is 2. The van der Waals surface area contributed by atoms with Crippen LogP contribution >= 0.6 is 0 Å². The molecule has 190 valence electrons. The molecule has 1 atom stereocenters. The molecule has 2 bridgehead atoms. The third-order valence-corrected chi connectivity index (χ3v) is 8.65. The number of nitrogens with one attached hydrogen (secondary N) is 2. The highest BCUT2D eigenvalue weighted by Crippen LogP contribution is 2.65. The van der Waals surface area contributed by atoms with Crippen LogP contribution < -0.4 is 20.4 Å². The Morgan fingerprint density at radius 1 is 1.08 bits per heavy atom. The van der Waals surface area contributed by atoms with Crippen molar-refractivity contribution in [3.05, 3.63) is 30.1 Å². The van der Waals surface area contributed by atoms with Gasteiger partial charge in [-0.25, -0.2) is 9.97 Å². The number of likely N-dealkylation sites (N-methyl/N-ethyl adjacent to an activating group) is 1. The molecule has 36 heavy (non-hydrogen) atoms. The van der Waals surface area contributed by atoms with Crippen molar-refractivity contribution < 1.29 is 9.59 Å². The summed E-state index contributed by atoms with van der Waals surface area (Å²) in [6, 6.07) is 4.01. The first-order valence-corrected chi connectivity index (χ1v) is 13.1. The number of carbonyl (C=O) groups excluding carboxylic acids is 2. The molecule has 2 amide bonds. The summed E-state index contributed by atoms with van der Waals surface area (Å²) in [6.45, 7) is 6.81. The second kappa shape index (κ2) is 8.99. The lowest BCUT2D eigenvalue weighted by molar-refractivity contribution is -0.140. The topological polar surface area (TPSA) is 107 Å². The van der Waals surface area contributed by atoms with Gasteiger partial charge in [-0.3, -0.25) is 14.5 Å². The van der Waals surface area contributed by atoms with E-state index in [-0.39, 0.29) is 23.8 Å². The van der Waals surface area contributed by atoms with Crippen LogP contribution in [0.2, 0.25) is 0 Å². The number of amides is 2. The number of anilines is 4. The van der Waals surface area contributed by atoms with Gasteiger partial charge in [-0.05, 0) is 56.7 Å². The number of hydrogen-bond acceptors (Lipinski definition) is 8. The molecule has 0 spiro atoms. The van der Waals surface area contributed by atoms with Crippen molar-refractivity contribution in [2.45, 2.75) is 44.6 Å². The maximum atomic E-state index is 13.5. The maximum absolute atomic E-state index is 13.5. The first-order chi connectivity index (χ1) is 17.4. The molecule has 4 heterocycles. The van der Waals surface area contributed by atoms with Gasteiger partial charge in [-0.1, -0.05) is 6.92 Å². The molecule has 0 aromatic carbocycles. The van der Waals surface area contributed by atoms with Gasteiger partial charge in [0.05, 0.1) is 17.4 Å². The zero-order chi connectivity index (χ0) is 24.9. The van der Waals surface area contributed by atoms with E-state index >= 15 is 0 Å². The molecule has 3 saturated carbocycles. The monoisotopic (exact) mass is 490 g/mol. The van der Waals surface area contributed by atoms with Crippen molar-refractivity contribution in [1.82, 2.24) is 25.2 Å². The number of piperazine rings is 1. The maximum Gasteiger partial charge on any atom is 0.238 e. The summed E-state index contributed by atoms with van der Waals surface area (Å²) in [6.07, 6.45) is 6.98. The van der Waals surface area contributed by atoms with E-state index in [0.29, 0.717) is 42.4 Å². The standard InChI is InChI=1S/C26H34N8O2/c1-17-19-13-26(17,14-19)34-23(36)12-22(35)27-7-3-4-18-15-29-25(31-24(18)34)30-21-6-5-20(16-28-21)33-10-8-32(2)9-11-33/h5-6,15-17,19H,3-4,7-14H2,1-2H3,(H,27,35)(H,28,29,30,31)/t17-,19?,26?/m1/s1. The van der Waals surface area contributed by atoms with Gasteiger partial charge in [-0.15, -0.1) is 0 Å². The van der Waals surface area contributed by atoms with Crippen LogP contribution in [0.4, 0.5) is 23.3 Å². The summed E-state index contributed by atoms with van der Waals surface area (Å²) < 4.78 is 0. The minimum absolute atomic E-state index is 0.152. The molecule has 2 N–H and O–H groups in total. The first-order valence-electron chi connectivity index (χ1n) is 13.1. The Hall–Kier alpha value is -3.27. The van der Waals surface area contributed by atoms with Crippen LogP contribution in [-0.2, 0) is 16.0 Å². The molecule has 3 aliphatic carbocycles. The van der Waals surface area contributed by atoms with Gasteiger partial charge < -0.3 is 20.4 Å². The Kier molecular flexibility index (Phi) is 5.78. The highest BCUT2D eigenvalue weighted by Gasteiger charge is 2.67. The summed E-state index contributed by atoms with van der Waals surface area (Å²) in [5, 5.41) is 6.10. The van der Waals surface area contributed by atoms with E-state index in [9.17, 15) is 9.59 Å². The molecule has 5 aliphatic rings. The zero-order valence-corrected chi connectivity index (χ0v) is 21.0. The fourth-order valence-corrected chi connectivity index (χ4v) is 6.09. The third kappa shape index (κ3) is 3.97. The Bertz CT molecular complexity index is 1160. The Labute approximate surface area is 211 Å². The minimum atomic E-state index is -0.232. The highest BCUT2D eigenvalue weighted by molar-refractivity contribution is 6.06. The van der Waals surface area contributed by atoms with Crippen LogP contribution in [0.1, 0.15) is 38.2 Å². The average molecular weight is 491 g/mol. The van der Waals surface area contributed by atoms with Crippen LogP contribution in [0.15, 0.2) is 24.5 Å². The van der Waals surface area contributed by atoms with E-state index in [1.807, 2.05) is 23.4 Å². The van der Waals surface area contributed by atoms with Crippen molar-refractivity contribution in [3.63, 3.8) is 0 Å². The Morgan fingerprint density at radius 2 is 1.89 bits per heavy atom. The van der Waals surface area contributed by atoms with Gasteiger partial charge in [0, 0.05) is 44.5 Å². The Morgan fingerprint density at radius 3 is 2.56 bits per heavy atom. The van der Waals surface area contributed by atoms with Gasteiger partial charge >= 0.3 is 0 Å². The van der Waals surface area contributed by atoms with E-state index in [4.69, 9.17) is 4.98 Å². The summed E-state index contributed by atoms with van der Waals surface area (Å²) in [7, 11) is 2.15. The fraction of sp³-hybridized carbons (Fsp3) is 0.577. The normalized spacial score (nSPS) is 28.5. The molecule has 4 fully saturated rings. The van der Waals surface area contributed by atoms with E-state index in [0.717, 1.165) is 56.7 Å². The quantitative estimate of drug-likeness (QED) is 0.627. The number of rotatable bonds is 4. The minimum Gasteiger partial charge on any atom is -0.368 e. The van der Waals surface area contributed by atoms with E-state index < -0.39 is 0 Å². The molecule has 1 saturated heterocycles. The van der Waals surface area contributed by atoms with Crippen molar-refractivity contribution in [2.24, 2.45) is 11.8 Å². The summed E-state index contributed by atoms with van der Waals surface area (Å²) >= 11 is 0. The zero-order valence-electron chi connectivity index (χ0n) is 21.0. The summed E-state index contributed by atoms with van der Waals surface area (Å²) in [5.74, 6) is 2.38. The van der Waals surface area contributed by atoms with Gasteiger partial charge in [0.15, 0.2) is 0 Å². The smallest absolute Gasteiger partial charge is 0.238 e. The molecule has 10 heteroatoms. The third-order valence-electron chi connectivity index (χ3n) is 8.65. The van der Waals surface area contributed by atoms with E-state index in [1.165, 1.54) is 0 Å². The molecule has 2 aliphatic heterocycles. The van der Waals surface area contributed by atoms with Gasteiger partial charge in [0.25, 0.3) is 0 Å². The Balaban J connectivity index is 1.27. The molecule has 7 rings (SSSR count). The van der Waals surface area contributed by atoms with Crippen molar-refractivity contribution >= 4 is 35.1 Å². The number of aromatic nitrogens is 3. The first kappa shape index (κ1) is 23.1. The lowest BCUT2D eigenvalue weighted by Gasteiger charge is -2.71. The number of pyridine rings is 1. The predicted molar refractivity (Wildman–Crippen MR) is 137 cm³/mol. The molecule has 2 aromatic rings. The number of aryl methyl sites for hydroxylation is 1. The molecule has 0 unspecified atom stereocenters. The van der Waals surface area contributed by atoms with Crippen LogP contribution in [0.3, 0.4) is 0 Å². The number of hydrogen-bond donors (Lipinski definition) is 2. The summed E-state index contributed by atoms with van der Waals surface area (Å²) in [5.41, 5.74) is 1.82. The lowest BCUT2D eigenvalue weighted by atomic mass is 9.42. The summed E-state index contributed by atoms with van der Waals surface area (Å²) in [4.78, 5) is 46.3. The fourth-order valence-electron chi connectivity index (χ4n) is 6.09. The highest BCUT2D eigenvalue weighted by atomic mass is 16.2. The molecule has 2 aromatic heterocycles. The van der Waals surface area contributed by atoms with Crippen molar-refractivity contribution in [3.8, 4) is 0 Å². The van der Waals surface area contributed by atoms with Gasteiger partial charge in [0.2, 0.25) is 17.8 Å². The number of fused-ring (bicyclic) bond motifs is 1. The van der Waals surface area contributed by atoms with Gasteiger partial charge in [0.1, 0.15) is 18.1 Å². The second-order valence-corrected chi connectivity index (χ2v) is 10.8. The van der Waals surface area contributed by atoms with Crippen molar-refractivity contribution in [2.75, 3.05) is 54.9 Å². The lowest BCUT2D eigenvalue weighted by Crippen LogP contribution is -2.76. The molecule has 10 nitrogen and oxygen atoms in total. The average Bonchev–Trinajstić information content (AvgIpc) is 2.85. The molecule has 0 radical (unpaired) electrons. The second-order valence-electron chi connectivity index (χ2n) is 10.8. The SMILES string of the molecule is C[C@@H]1C2CC1(N1C(=O)CC(=O)NCCCc3cnc(Nc4ccc(N5CCN(C)CC5)cn4)nc31)C2. The predicted octanol–water partition coefficient (Wildman–Crippen LogP) is 1.95. The molecular weight excluding hydrogens is 456 g/mol. The van der Waals surface area contributed by atoms with Crippen LogP contribution in [0.5, 0.6) is 0 Å². The van der Waals surface area contributed by atoms with E-state index in [2.05, 4.69) is 50.4 Å². The van der Waals surface area contributed by atoms with Crippen LogP contribution in [-0.4, -0.2) is 77.0 Å². The van der Waals surface area contributed by atoms with Gasteiger partial charge in [-0.2, -0.15) is 4.98 Å². The largest absolute Gasteiger partial charge is 0.368 e. The van der Waals surface area contributed by atoms with E-state index in [1.54, 1.807) is 0 Å². The molecular formula is C26H34N8O2. The van der Waals surface area contributed by atoms with Crippen LogP contribution in [0, 0.1) is 11.8 Å². The number of nitrogens with zero attached hydrogens (tertiary/aromatic N) is 6. The van der Waals surface area contributed by atoms with Crippen molar-refractivity contribution in [1.29, 1.82) is 0 Å².